The highest BCUT2D eigenvalue weighted by Crippen LogP contribution is 2.10. The lowest BCUT2D eigenvalue weighted by Gasteiger charge is -2.03. The monoisotopic (exact) mass is 202 g/mol. The molecule has 0 radical (unpaired) electrons. The van der Waals surface area contributed by atoms with Crippen molar-refractivity contribution >= 4 is 11.8 Å². The summed E-state index contributed by atoms with van der Waals surface area (Å²) in [6, 6.07) is 4.45. The summed E-state index contributed by atoms with van der Waals surface area (Å²) in [5, 5.41) is 0. The molecule has 2 amide bonds. The van der Waals surface area contributed by atoms with Gasteiger partial charge in [0.25, 0.3) is 0 Å². The first-order valence-electron chi connectivity index (χ1n) is 4.21. The number of terminal acetylenes is 1. The van der Waals surface area contributed by atoms with Gasteiger partial charge in [-0.25, -0.2) is 0 Å². The zero-order valence-corrected chi connectivity index (χ0v) is 7.99. The van der Waals surface area contributed by atoms with Gasteiger partial charge in [-0.05, 0) is 23.8 Å². The van der Waals surface area contributed by atoms with E-state index in [0.29, 0.717) is 12.0 Å². The van der Waals surface area contributed by atoms with Gasteiger partial charge in [-0.15, -0.1) is 12.3 Å². The largest absolute Gasteiger partial charge is 0.366 e. The highest BCUT2D eigenvalue weighted by atomic mass is 16.1. The minimum atomic E-state index is -0.614. The summed E-state index contributed by atoms with van der Waals surface area (Å²) in [4.78, 5) is 21.9. The highest BCUT2D eigenvalue weighted by molar-refractivity contribution is 5.98. The summed E-state index contributed by atoms with van der Waals surface area (Å²) in [5.74, 6) is 1.18. The number of hydrogen-bond acceptors (Lipinski definition) is 2. The summed E-state index contributed by atoms with van der Waals surface area (Å²) >= 11 is 0. The van der Waals surface area contributed by atoms with Gasteiger partial charge in [0.15, 0.2) is 0 Å². The van der Waals surface area contributed by atoms with Crippen molar-refractivity contribution in [2.75, 3.05) is 0 Å². The molecule has 0 aliphatic rings. The minimum absolute atomic E-state index is 0.233. The maximum absolute atomic E-state index is 11.0. The first-order chi connectivity index (χ1) is 7.04. The first kappa shape index (κ1) is 10.8. The van der Waals surface area contributed by atoms with Crippen molar-refractivity contribution in [2.24, 2.45) is 11.5 Å². The molecule has 0 bridgehead atoms. The lowest BCUT2D eigenvalue weighted by atomic mass is 10.0. The van der Waals surface area contributed by atoms with Crippen LogP contribution in [-0.2, 0) is 6.42 Å². The molecule has 4 N–H and O–H groups in total. The number of hydrogen-bond donors (Lipinski definition) is 2. The van der Waals surface area contributed by atoms with Crippen LogP contribution < -0.4 is 11.5 Å². The van der Waals surface area contributed by atoms with Gasteiger partial charge in [0.2, 0.25) is 11.8 Å². The zero-order valence-electron chi connectivity index (χ0n) is 7.99. The van der Waals surface area contributed by atoms with Crippen LogP contribution in [0.5, 0.6) is 0 Å². The third-order valence-electron chi connectivity index (χ3n) is 1.87. The van der Waals surface area contributed by atoms with Crippen molar-refractivity contribution < 1.29 is 9.59 Å². The molecule has 1 aromatic rings. The standard InChI is InChI=1S/C11H10N2O2/c1-2-3-7-4-8(10(12)14)6-9(5-7)11(13)15/h1,4-6H,3H2,(H2,12,14)(H2,13,15). The van der Waals surface area contributed by atoms with Gasteiger partial charge in [0, 0.05) is 17.5 Å². The van der Waals surface area contributed by atoms with Crippen molar-refractivity contribution in [3.8, 4) is 12.3 Å². The van der Waals surface area contributed by atoms with Gasteiger partial charge in [-0.1, -0.05) is 0 Å². The molecular weight excluding hydrogens is 192 g/mol. The topological polar surface area (TPSA) is 86.2 Å². The Kier molecular flexibility index (Phi) is 3.09. The Morgan fingerprint density at radius 3 is 1.93 bits per heavy atom. The predicted octanol–water partition coefficient (Wildman–Crippen LogP) is 0.0601. The fourth-order valence-corrected chi connectivity index (χ4v) is 1.20. The molecule has 0 saturated carbocycles. The fraction of sp³-hybridized carbons (Fsp3) is 0.0909. The molecule has 0 aromatic heterocycles. The van der Waals surface area contributed by atoms with Gasteiger partial charge in [0.1, 0.15) is 0 Å². The van der Waals surface area contributed by atoms with E-state index in [0.717, 1.165) is 0 Å². The normalized spacial score (nSPS) is 9.27. The van der Waals surface area contributed by atoms with E-state index in [2.05, 4.69) is 5.92 Å². The number of primary amides is 2. The van der Waals surface area contributed by atoms with Crippen molar-refractivity contribution in [1.82, 2.24) is 0 Å². The summed E-state index contributed by atoms with van der Waals surface area (Å²) in [6.07, 6.45) is 5.45. The van der Waals surface area contributed by atoms with Gasteiger partial charge < -0.3 is 11.5 Å². The molecule has 0 saturated heterocycles. The van der Waals surface area contributed by atoms with E-state index in [1.54, 1.807) is 12.1 Å². The average molecular weight is 202 g/mol. The maximum atomic E-state index is 11.0. The van der Waals surface area contributed by atoms with Crippen molar-refractivity contribution in [2.45, 2.75) is 6.42 Å². The summed E-state index contributed by atoms with van der Waals surface area (Å²) in [5.41, 5.74) is 11.3. The van der Waals surface area contributed by atoms with Gasteiger partial charge in [-0.2, -0.15) is 0 Å². The molecule has 4 nitrogen and oxygen atoms in total. The van der Waals surface area contributed by atoms with Crippen molar-refractivity contribution in [1.29, 1.82) is 0 Å². The maximum Gasteiger partial charge on any atom is 0.248 e. The third-order valence-corrected chi connectivity index (χ3v) is 1.87. The molecular formula is C11H10N2O2. The summed E-state index contributed by atoms with van der Waals surface area (Å²) in [6.45, 7) is 0. The SMILES string of the molecule is C#CCc1cc(C(N)=O)cc(C(N)=O)c1. The number of benzene rings is 1. The van der Waals surface area contributed by atoms with E-state index in [1.807, 2.05) is 0 Å². The Hall–Kier alpha value is -2.28. The number of amides is 2. The van der Waals surface area contributed by atoms with Crippen LogP contribution in [0.4, 0.5) is 0 Å². The van der Waals surface area contributed by atoms with E-state index in [-0.39, 0.29) is 11.1 Å². The number of carbonyl (C=O) groups is 2. The Morgan fingerprint density at radius 1 is 1.13 bits per heavy atom. The molecule has 76 valence electrons. The molecule has 0 aliphatic carbocycles. The Balaban J connectivity index is 3.27. The molecule has 15 heavy (non-hydrogen) atoms. The number of carbonyl (C=O) groups excluding carboxylic acids is 2. The third kappa shape index (κ3) is 2.58. The van der Waals surface area contributed by atoms with Gasteiger partial charge >= 0.3 is 0 Å². The molecule has 0 atom stereocenters. The first-order valence-corrected chi connectivity index (χ1v) is 4.21. The molecule has 1 aromatic carbocycles. The minimum Gasteiger partial charge on any atom is -0.366 e. The molecule has 0 unspecified atom stereocenters. The fourth-order valence-electron chi connectivity index (χ4n) is 1.20. The van der Waals surface area contributed by atoms with Crippen LogP contribution >= 0.6 is 0 Å². The van der Waals surface area contributed by atoms with E-state index in [4.69, 9.17) is 17.9 Å². The van der Waals surface area contributed by atoms with Crippen LogP contribution in [0.1, 0.15) is 26.3 Å². The van der Waals surface area contributed by atoms with E-state index >= 15 is 0 Å². The summed E-state index contributed by atoms with van der Waals surface area (Å²) < 4.78 is 0. The van der Waals surface area contributed by atoms with Gasteiger partial charge in [0.05, 0.1) is 0 Å². The van der Waals surface area contributed by atoms with Crippen LogP contribution in [0.3, 0.4) is 0 Å². The molecule has 0 heterocycles. The molecule has 0 aliphatic heterocycles. The summed E-state index contributed by atoms with van der Waals surface area (Å²) in [7, 11) is 0. The Labute approximate surface area is 87.3 Å². The lowest BCUT2D eigenvalue weighted by molar-refractivity contribution is 0.0999. The van der Waals surface area contributed by atoms with Gasteiger partial charge in [-0.3, -0.25) is 9.59 Å². The second-order valence-electron chi connectivity index (χ2n) is 3.03. The number of nitrogens with two attached hydrogens (primary N) is 2. The second kappa shape index (κ2) is 4.29. The molecule has 4 heteroatoms. The van der Waals surface area contributed by atoms with E-state index in [1.165, 1.54) is 6.07 Å². The van der Waals surface area contributed by atoms with Crippen LogP contribution in [0, 0.1) is 12.3 Å². The van der Waals surface area contributed by atoms with E-state index in [9.17, 15) is 9.59 Å². The van der Waals surface area contributed by atoms with Crippen LogP contribution in [0.15, 0.2) is 18.2 Å². The highest BCUT2D eigenvalue weighted by Gasteiger charge is 2.08. The quantitative estimate of drug-likeness (QED) is 0.679. The van der Waals surface area contributed by atoms with Crippen molar-refractivity contribution in [3.63, 3.8) is 0 Å². The van der Waals surface area contributed by atoms with Crippen LogP contribution in [0.2, 0.25) is 0 Å². The van der Waals surface area contributed by atoms with E-state index < -0.39 is 11.8 Å². The Morgan fingerprint density at radius 2 is 1.60 bits per heavy atom. The number of rotatable bonds is 3. The smallest absolute Gasteiger partial charge is 0.248 e. The van der Waals surface area contributed by atoms with Crippen LogP contribution in [0.25, 0.3) is 0 Å². The van der Waals surface area contributed by atoms with Crippen LogP contribution in [-0.4, -0.2) is 11.8 Å². The zero-order chi connectivity index (χ0) is 11.4. The second-order valence-corrected chi connectivity index (χ2v) is 3.03. The lowest BCUT2D eigenvalue weighted by Crippen LogP contribution is -2.16. The average Bonchev–Trinajstić information content (AvgIpc) is 2.17. The van der Waals surface area contributed by atoms with Crippen molar-refractivity contribution in [3.05, 3.63) is 34.9 Å². The molecule has 0 fully saturated rings. The molecule has 0 spiro atoms. The Bertz CT molecular complexity index is 426. The molecule has 1 rings (SSSR count). The predicted molar refractivity (Wildman–Crippen MR) is 56.0 cm³/mol.